The predicted molar refractivity (Wildman–Crippen MR) is 62.0 cm³/mol. The van der Waals surface area contributed by atoms with Crippen LogP contribution in [0.3, 0.4) is 0 Å². The molecule has 2 aromatic rings. The van der Waals surface area contributed by atoms with Gasteiger partial charge in [-0.15, -0.1) is 0 Å². The molecular formula is C10H8BrN3O. The van der Waals surface area contributed by atoms with Crippen molar-refractivity contribution in [2.75, 3.05) is 10.6 Å². The zero-order valence-electron chi connectivity index (χ0n) is 7.77. The molecule has 0 aliphatic rings. The first-order chi connectivity index (χ1) is 7.29. The lowest BCUT2D eigenvalue weighted by Gasteiger charge is -2.03. The Hall–Kier alpha value is -1.49. The number of nitrogens with one attached hydrogen (secondary N) is 1. The Balaban J connectivity index is 2.34. The predicted octanol–water partition coefficient (Wildman–Crippen LogP) is 1.96. The summed E-state index contributed by atoms with van der Waals surface area (Å²) in [6.45, 7) is 0. The molecule has 1 amide bonds. The first kappa shape index (κ1) is 10.0. The highest BCUT2D eigenvalue weighted by Crippen LogP contribution is 2.14. The van der Waals surface area contributed by atoms with Gasteiger partial charge in [0.1, 0.15) is 0 Å². The first-order valence-corrected chi connectivity index (χ1v) is 5.48. The number of rotatable bonds is 2. The van der Waals surface area contributed by atoms with Crippen LogP contribution in [-0.4, -0.2) is 21.2 Å². The highest BCUT2D eigenvalue weighted by Gasteiger charge is 2.01. The van der Waals surface area contributed by atoms with Crippen molar-refractivity contribution in [3.63, 3.8) is 0 Å². The van der Waals surface area contributed by atoms with Crippen molar-refractivity contribution in [3.8, 4) is 0 Å². The Morgan fingerprint density at radius 1 is 1.27 bits per heavy atom. The fraction of sp³-hybridized carbons (Fsp3) is 0.100. The van der Waals surface area contributed by atoms with Crippen LogP contribution in [0.2, 0.25) is 0 Å². The molecule has 0 atom stereocenters. The summed E-state index contributed by atoms with van der Waals surface area (Å²) in [5.74, 6) is -0.0850. The maximum atomic E-state index is 11.1. The molecule has 0 spiro atoms. The van der Waals surface area contributed by atoms with Gasteiger partial charge in [0, 0.05) is 18.1 Å². The summed E-state index contributed by atoms with van der Waals surface area (Å²) in [5.41, 5.74) is 2.31. The molecule has 76 valence electrons. The minimum absolute atomic E-state index is 0.0850. The van der Waals surface area contributed by atoms with E-state index in [-0.39, 0.29) is 11.2 Å². The minimum Gasteiger partial charge on any atom is -0.325 e. The van der Waals surface area contributed by atoms with E-state index in [4.69, 9.17) is 0 Å². The number of hydrogen-bond donors (Lipinski definition) is 1. The third-order valence-corrected chi connectivity index (χ3v) is 2.38. The quantitative estimate of drug-likeness (QED) is 0.845. The summed E-state index contributed by atoms with van der Waals surface area (Å²) in [6.07, 6.45) is 3.26. The van der Waals surface area contributed by atoms with Gasteiger partial charge in [-0.1, -0.05) is 15.9 Å². The van der Waals surface area contributed by atoms with Gasteiger partial charge in [0.25, 0.3) is 0 Å². The second-order valence-corrected chi connectivity index (χ2v) is 3.50. The average Bonchev–Trinajstić information content (AvgIpc) is 2.29. The van der Waals surface area contributed by atoms with E-state index in [2.05, 4.69) is 31.2 Å². The minimum atomic E-state index is -0.0850. The molecule has 1 N–H and O–H groups in total. The number of halogens is 1. The van der Waals surface area contributed by atoms with Crippen molar-refractivity contribution in [3.05, 3.63) is 30.6 Å². The fourth-order valence-electron chi connectivity index (χ4n) is 1.24. The molecule has 2 rings (SSSR count). The number of nitrogens with zero attached hydrogens (tertiary/aromatic N) is 2. The molecule has 15 heavy (non-hydrogen) atoms. The lowest BCUT2D eigenvalue weighted by Crippen LogP contribution is -2.12. The number of aromatic nitrogens is 2. The summed E-state index contributed by atoms with van der Waals surface area (Å²) >= 11 is 3.08. The molecular weight excluding hydrogens is 258 g/mol. The normalized spacial score (nSPS) is 10.2. The highest BCUT2D eigenvalue weighted by molar-refractivity contribution is 9.09. The van der Waals surface area contributed by atoms with Crippen LogP contribution in [0, 0.1) is 0 Å². The van der Waals surface area contributed by atoms with Gasteiger partial charge in [0.2, 0.25) is 5.91 Å². The Morgan fingerprint density at radius 2 is 2.00 bits per heavy atom. The van der Waals surface area contributed by atoms with E-state index in [1.807, 2.05) is 6.07 Å². The summed E-state index contributed by atoms with van der Waals surface area (Å²) in [4.78, 5) is 19.4. The lowest BCUT2D eigenvalue weighted by atomic mass is 10.2. The largest absolute Gasteiger partial charge is 0.325 e. The van der Waals surface area contributed by atoms with Gasteiger partial charge in [0.05, 0.1) is 16.4 Å². The maximum absolute atomic E-state index is 11.1. The first-order valence-electron chi connectivity index (χ1n) is 4.36. The maximum Gasteiger partial charge on any atom is 0.235 e. The highest BCUT2D eigenvalue weighted by atomic mass is 79.9. The Bertz CT molecular complexity index is 501. The topological polar surface area (TPSA) is 54.9 Å². The van der Waals surface area contributed by atoms with Crippen LogP contribution >= 0.6 is 15.9 Å². The van der Waals surface area contributed by atoms with Gasteiger partial charge in [-0.2, -0.15) is 0 Å². The van der Waals surface area contributed by atoms with Crippen LogP contribution in [0.4, 0.5) is 5.69 Å². The molecule has 1 aromatic carbocycles. The summed E-state index contributed by atoms with van der Waals surface area (Å²) in [7, 11) is 0. The van der Waals surface area contributed by atoms with Gasteiger partial charge >= 0.3 is 0 Å². The lowest BCUT2D eigenvalue weighted by molar-refractivity contribution is -0.113. The number of carbonyl (C=O) groups excluding carboxylic acids is 1. The Labute approximate surface area is 94.9 Å². The number of fused-ring (bicyclic) bond motifs is 1. The molecule has 5 heteroatoms. The number of alkyl halides is 1. The third kappa shape index (κ3) is 2.30. The smallest absolute Gasteiger partial charge is 0.235 e. The van der Waals surface area contributed by atoms with Crippen molar-refractivity contribution in [2.45, 2.75) is 0 Å². The average molecular weight is 266 g/mol. The molecule has 0 unspecified atom stereocenters. The molecule has 0 bridgehead atoms. The monoisotopic (exact) mass is 265 g/mol. The number of hydrogen-bond acceptors (Lipinski definition) is 3. The summed E-state index contributed by atoms with van der Waals surface area (Å²) < 4.78 is 0. The van der Waals surface area contributed by atoms with Crippen molar-refractivity contribution in [2.24, 2.45) is 0 Å². The van der Waals surface area contributed by atoms with Gasteiger partial charge in [-0.3, -0.25) is 14.8 Å². The van der Waals surface area contributed by atoms with Crippen LogP contribution in [0.1, 0.15) is 0 Å². The van der Waals surface area contributed by atoms with Crippen molar-refractivity contribution >= 4 is 38.6 Å². The van der Waals surface area contributed by atoms with E-state index in [0.717, 1.165) is 16.7 Å². The van der Waals surface area contributed by atoms with Crippen LogP contribution in [0.5, 0.6) is 0 Å². The van der Waals surface area contributed by atoms with E-state index >= 15 is 0 Å². The van der Waals surface area contributed by atoms with Crippen molar-refractivity contribution in [1.29, 1.82) is 0 Å². The van der Waals surface area contributed by atoms with E-state index in [1.165, 1.54) is 0 Å². The van der Waals surface area contributed by atoms with Crippen LogP contribution in [-0.2, 0) is 4.79 Å². The molecule has 1 aromatic heterocycles. The van der Waals surface area contributed by atoms with E-state index in [0.29, 0.717) is 0 Å². The van der Waals surface area contributed by atoms with E-state index < -0.39 is 0 Å². The number of carbonyl (C=O) groups is 1. The summed E-state index contributed by atoms with van der Waals surface area (Å²) in [6, 6.07) is 5.42. The second kappa shape index (κ2) is 4.35. The summed E-state index contributed by atoms with van der Waals surface area (Å²) in [5, 5.41) is 3.01. The Kier molecular flexibility index (Phi) is 2.91. The number of amides is 1. The second-order valence-electron chi connectivity index (χ2n) is 2.94. The van der Waals surface area contributed by atoms with E-state index in [9.17, 15) is 4.79 Å². The molecule has 0 fully saturated rings. The fourth-order valence-corrected chi connectivity index (χ4v) is 1.38. The zero-order chi connectivity index (χ0) is 10.7. The molecule has 0 radical (unpaired) electrons. The zero-order valence-corrected chi connectivity index (χ0v) is 9.36. The van der Waals surface area contributed by atoms with Crippen LogP contribution < -0.4 is 5.32 Å². The molecule has 0 aliphatic heterocycles. The molecule has 0 aliphatic carbocycles. The van der Waals surface area contributed by atoms with Gasteiger partial charge < -0.3 is 5.32 Å². The number of benzene rings is 1. The van der Waals surface area contributed by atoms with E-state index in [1.54, 1.807) is 24.5 Å². The van der Waals surface area contributed by atoms with Gasteiger partial charge in [-0.25, -0.2) is 0 Å². The Morgan fingerprint density at radius 3 is 2.73 bits per heavy atom. The van der Waals surface area contributed by atoms with Crippen LogP contribution in [0.15, 0.2) is 30.6 Å². The van der Waals surface area contributed by atoms with Crippen molar-refractivity contribution in [1.82, 2.24) is 9.97 Å². The SMILES string of the molecule is O=C(CBr)Nc1ccc2nccnc2c1. The van der Waals surface area contributed by atoms with Crippen molar-refractivity contribution < 1.29 is 4.79 Å². The van der Waals surface area contributed by atoms with Crippen LogP contribution in [0.25, 0.3) is 11.0 Å². The van der Waals surface area contributed by atoms with Gasteiger partial charge in [-0.05, 0) is 18.2 Å². The molecule has 0 saturated heterocycles. The molecule has 1 heterocycles. The standard InChI is InChI=1S/C10H8BrN3O/c11-6-10(15)14-7-1-2-8-9(5-7)13-4-3-12-8/h1-5H,6H2,(H,14,15). The third-order valence-electron chi connectivity index (χ3n) is 1.87. The molecule has 4 nitrogen and oxygen atoms in total. The molecule has 0 saturated carbocycles. The number of anilines is 1. The van der Waals surface area contributed by atoms with Gasteiger partial charge in [0.15, 0.2) is 0 Å².